The average Bonchev–Trinajstić information content (AvgIpc) is 3.22. The van der Waals surface area contributed by atoms with Gasteiger partial charge in [-0.25, -0.2) is 0 Å². The predicted octanol–water partition coefficient (Wildman–Crippen LogP) is 5.25. The van der Waals surface area contributed by atoms with Crippen LogP contribution >= 0.6 is 0 Å². The molecule has 0 unspecified atom stereocenters. The molecule has 24 heavy (non-hydrogen) atoms. The third-order valence-electron chi connectivity index (χ3n) is 4.66. The van der Waals surface area contributed by atoms with E-state index in [2.05, 4.69) is 64.2 Å². The second-order valence-electron chi connectivity index (χ2n) is 6.03. The Morgan fingerprint density at radius 2 is 1.75 bits per heavy atom. The molecule has 3 heterocycles. The first-order valence-corrected chi connectivity index (χ1v) is 7.99. The van der Waals surface area contributed by atoms with Gasteiger partial charge in [0, 0.05) is 34.8 Å². The quantitative estimate of drug-likeness (QED) is 0.474. The molecule has 2 aromatic carbocycles. The van der Waals surface area contributed by atoms with Crippen LogP contribution in [0, 0.1) is 0 Å². The molecule has 5 rings (SSSR count). The summed E-state index contributed by atoms with van der Waals surface area (Å²) in [6, 6.07) is 21.1. The maximum atomic E-state index is 5.34. The predicted molar refractivity (Wildman–Crippen MR) is 98.7 cm³/mol. The number of pyridine rings is 1. The molecule has 0 saturated carbocycles. The van der Waals surface area contributed by atoms with Crippen molar-refractivity contribution in [3.8, 4) is 16.9 Å². The zero-order chi connectivity index (χ0) is 16.1. The minimum absolute atomic E-state index is 0.866. The van der Waals surface area contributed by atoms with Crippen LogP contribution in [0.4, 0.5) is 0 Å². The van der Waals surface area contributed by atoms with Crippen molar-refractivity contribution in [3.05, 3.63) is 73.1 Å². The number of nitrogens with one attached hydrogen (secondary N) is 1. The number of ether oxygens (including phenoxy) is 1. The van der Waals surface area contributed by atoms with Crippen LogP contribution in [0.5, 0.6) is 5.75 Å². The van der Waals surface area contributed by atoms with Gasteiger partial charge in [-0.05, 0) is 29.8 Å². The van der Waals surface area contributed by atoms with Crippen LogP contribution in [0.25, 0.3) is 38.4 Å². The highest BCUT2D eigenvalue weighted by Gasteiger charge is 2.10. The summed E-state index contributed by atoms with van der Waals surface area (Å²) in [7, 11) is 1.70. The molecule has 0 aliphatic carbocycles. The first kappa shape index (κ1) is 13.3. The zero-order valence-electron chi connectivity index (χ0n) is 13.3. The van der Waals surface area contributed by atoms with Crippen molar-refractivity contribution < 1.29 is 4.74 Å². The molecule has 3 heteroatoms. The molecular formula is C21H16N2O. The van der Waals surface area contributed by atoms with E-state index in [9.17, 15) is 0 Å². The molecule has 0 aliphatic rings. The molecule has 3 nitrogen and oxygen atoms in total. The van der Waals surface area contributed by atoms with Crippen LogP contribution in [-0.4, -0.2) is 16.5 Å². The van der Waals surface area contributed by atoms with Crippen LogP contribution in [0.2, 0.25) is 0 Å². The summed E-state index contributed by atoms with van der Waals surface area (Å²) < 4.78 is 7.52. The lowest BCUT2D eigenvalue weighted by atomic mass is 10.1. The summed E-state index contributed by atoms with van der Waals surface area (Å²) in [5, 5.41) is 2.45. The highest BCUT2D eigenvalue weighted by molar-refractivity contribution is 6.12. The van der Waals surface area contributed by atoms with Crippen molar-refractivity contribution >= 4 is 27.3 Å². The number of rotatable bonds is 2. The lowest BCUT2D eigenvalue weighted by Crippen LogP contribution is -1.81. The number of benzene rings is 2. The summed E-state index contributed by atoms with van der Waals surface area (Å²) in [6.45, 7) is 0. The summed E-state index contributed by atoms with van der Waals surface area (Å²) in [5.41, 5.74) is 5.89. The fraction of sp³-hybridized carbons (Fsp3) is 0.0476. The topological polar surface area (TPSA) is 29.4 Å². The van der Waals surface area contributed by atoms with Crippen molar-refractivity contribution in [2.75, 3.05) is 7.11 Å². The van der Waals surface area contributed by atoms with Crippen LogP contribution in [0.15, 0.2) is 73.1 Å². The Balaban J connectivity index is 1.81. The maximum absolute atomic E-state index is 5.34. The van der Waals surface area contributed by atoms with Crippen LogP contribution in [-0.2, 0) is 0 Å². The van der Waals surface area contributed by atoms with Gasteiger partial charge in [0.25, 0.3) is 0 Å². The highest BCUT2D eigenvalue weighted by Crippen LogP contribution is 2.32. The van der Waals surface area contributed by atoms with Gasteiger partial charge in [0.2, 0.25) is 0 Å². The molecule has 0 saturated heterocycles. The number of methoxy groups -OCH3 is 1. The lowest BCUT2D eigenvalue weighted by Gasteiger charge is -1.98. The molecule has 0 aliphatic heterocycles. The van der Waals surface area contributed by atoms with Gasteiger partial charge < -0.3 is 14.1 Å². The third kappa shape index (κ3) is 1.85. The van der Waals surface area contributed by atoms with Crippen molar-refractivity contribution in [1.29, 1.82) is 0 Å². The van der Waals surface area contributed by atoms with Gasteiger partial charge in [-0.3, -0.25) is 0 Å². The molecule has 1 N–H and O–H groups in total. The summed E-state index contributed by atoms with van der Waals surface area (Å²) in [4.78, 5) is 3.56. The Morgan fingerprint density at radius 1 is 0.875 bits per heavy atom. The number of fused-ring (bicyclic) bond motifs is 5. The molecule has 0 spiro atoms. The number of aromatic amines is 1. The number of hydrogen-bond acceptors (Lipinski definition) is 1. The molecule has 0 radical (unpaired) electrons. The largest absolute Gasteiger partial charge is 0.497 e. The van der Waals surface area contributed by atoms with Crippen LogP contribution in [0.3, 0.4) is 0 Å². The van der Waals surface area contributed by atoms with E-state index in [1.165, 1.54) is 27.4 Å². The molecule has 0 bridgehead atoms. The Labute approximate surface area is 139 Å². The molecule has 0 amide bonds. The molecule has 0 fully saturated rings. The Bertz CT molecular complexity index is 1180. The molecule has 5 aromatic rings. The van der Waals surface area contributed by atoms with E-state index in [4.69, 9.17) is 4.74 Å². The van der Waals surface area contributed by atoms with Gasteiger partial charge >= 0.3 is 0 Å². The highest BCUT2D eigenvalue weighted by atomic mass is 16.5. The minimum Gasteiger partial charge on any atom is -0.497 e. The van der Waals surface area contributed by atoms with Crippen molar-refractivity contribution in [1.82, 2.24) is 9.38 Å². The van der Waals surface area contributed by atoms with E-state index >= 15 is 0 Å². The molecular weight excluding hydrogens is 296 g/mol. The Kier molecular flexibility index (Phi) is 2.71. The number of aromatic nitrogens is 2. The van der Waals surface area contributed by atoms with Crippen molar-refractivity contribution in [2.24, 2.45) is 0 Å². The van der Waals surface area contributed by atoms with Crippen LogP contribution in [0.1, 0.15) is 0 Å². The van der Waals surface area contributed by atoms with E-state index in [-0.39, 0.29) is 0 Å². The second kappa shape index (κ2) is 4.90. The monoisotopic (exact) mass is 312 g/mol. The van der Waals surface area contributed by atoms with E-state index in [0.717, 1.165) is 16.8 Å². The SMILES string of the molecule is COc1ccc2c(c1)[nH]c1c2ccn2cc(-c3ccccc3)cc12. The number of H-pyrrole nitrogens is 1. The first-order valence-electron chi connectivity index (χ1n) is 7.99. The fourth-order valence-electron chi connectivity index (χ4n) is 3.45. The zero-order valence-corrected chi connectivity index (χ0v) is 13.3. The number of nitrogens with zero attached hydrogens (tertiary/aromatic N) is 1. The minimum atomic E-state index is 0.866. The standard InChI is InChI=1S/C21H16N2O/c1-24-16-7-8-17-18-9-10-23-13-15(14-5-3-2-4-6-14)11-20(23)21(18)22-19(17)12-16/h2-13,22H,1H3. The van der Waals surface area contributed by atoms with E-state index in [1.54, 1.807) is 7.11 Å². The first-order chi connectivity index (χ1) is 11.8. The second-order valence-corrected chi connectivity index (χ2v) is 6.03. The summed E-state index contributed by atoms with van der Waals surface area (Å²) >= 11 is 0. The van der Waals surface area contributed by atoms with E-state index in [1.807, 2.05) is 18.2 Å². The van der Waals surface area contributed by atoms with Gasteiger partial charge in [0.05, 0.1) is 23.7 Å². The van der Waals surface area contributed by atoms with Gasteiger partial charge in [-0.1, -0.05) is 30.3 Å². The third-order valence-corrected chi connectivity index (χ3v) is 4.66. The van der Waals surface area contributed by atoms with Crippen molar-refractivity contribution in [2.45, 2.75) is 0 Å². The summed E-state index contributed by atoms with van der Waals surface area (Å²) in [6.07, 6.45) is 4.30. The van der Waals surface area contributed by atoms with Gasteiger partial charge in [-0.15, -0.1) is 0 Å². The van der Waals surface area contributed by atoms with E-state index in [0.29, 0.717) is 0 Å². The maximum Gasteiger partial charge on any atom is 0.120 e. The Hall–Kier alpha value is -3.20. The molecule has 3 aromatic heterocycles. The summed E-state index contributed by atoms with van der Waals surface area (Å²) in [5.74, 6) is 0.866. The smallest absolute Gasteiger partial charge is 0.120 e. The van der Waals surface area contributed by atoms with Gasteiger partial charge in [0.15, 0.2) is 0 Å². The molecule has 0 atom stereocenters. The van der Waals surface area contributed by atoms with E-state index < -0.39 is 0 Å². The van der Waals surface area contributed by atoms with Gasteiger partial charge in [0.1, 0.15) is 5.75 Å². The normalized spacial score (nSPS) is 11.5. The van der Waals surface area contributed by atoms with Crippen LogP contribution < -0.4 is 4.74 Å². The molecule has 116 valence electrons. The Morgan fingerprint density at radius 3 is 2.58 bits per heavy atom. The fourth-order valence-corrected chi connectivity index (χ4v) is 3.45. The van der Waals surface area contributed by atoms with Gasteiger partial charge in [-0.2, -0.15) is 0 Å². The average molecular weight is 312 g/mol. The number of hydrogen-bond donors (Lipinski definition) is 1. The van der Waals surface area contributed by atoms with Crippen molar-refractivity contribution in [3.63, 3.8) is 0 Å². The lowest BCUT2D eigenvalue weighted by molar-refractivity contribution is 0.415.